The third-order valence-electron chi connectivity index (χ3n) is 4.06. The molecule has 0 bridgehead atoms. The van der Waals surface area contributed by atoms with Crippen molar-refractivity contribution in [2.24, 2.45) is 5.10 Å². The van der Waals surface area contributed by atoms with Crippen LogP contribution in [-0.2, 0) is 0 Å². The van der Waals surface area contributed by atoms with E-state index in [-0.39, 0.29) is 11.3 Å². The topological polar surface area (TPSA) is 79.5 Å². The summed E-state index contributed by atoms with van der Waals surface area (Å²) in [5.41, 5.74) is 4.84. The van der Waals surface area contributed by atoms with E-state index >= 15 is 0 Å². The van der Waals surface area contributed by atoms with Crippen LogP contribution in [0.15, 0.2) is 88.8 Å². The average molecular weight is 356 g/mol. The summed E-state index contributed by atoms with van der Waals surface area (Å²) in [5.74, 6) is 0.463. The quantitative estimate of drug-likeness (QED) is 0.433. The summed E-state index contributed by atoms with van der Waals surface area (Å²) in [6.07, 6.45) is 1.55. The molecule has 0 aliphatic rings. The number of benzene rings is 3. The zero-order chi connectivity index (χ0) is 18.6. The van der Waals surface area contributed by atoms with Gasteiger partial charge in [0.25, 0.3) is 5.56 Å². The van der Waals surface area contributed by atoms with Crippen LogP contribution < -0.4 is 11.0 Å². The van der Waals surface area contributed by atoms with Crippen molar-refractivity contribution in [2.45, 2.75) is 0 Å². The second-order valence-corrected chi connectivity index (χ2v) is 5.89. The first-order valence-electron chi connectivity index (χ1n) is 8.38. The van der Waals surface area contributed by atoms with E-state index < -0.39 is 0 Å². The van der Waals surface area contributed by atoms with Crippen LogP contribution in [0.2, 0.25) is 0 Å². The van der Waals surface area contributed by atoms with Crippen molar-refractivity contribution >= 4 is 23.1 Å². The molecule has 0 amide bonds. The Morgan fingerprint density at radius 2 is 1.74 bits per heavy atom. The van der Waals surface area contributed by atoms with E-state index in [1.54, 1.807) is 30.5 Å². The van der Waals surface area contributed by atoms with E-state index in [2.05, 4.69) is 15.5 Å². The molecule has 4 aromatic rings. The van der Waals surface area contributed by atoms with Crippen LogP contribution >= 0.6 is 0 Å². The Morgan fingerprint density at radius 1 is 0.963 bits per heavy atom. The Morgan fingerprint density at radius 3 is 2.56 bits per heavy atom. The fourth-order valence-electron chi connectivity index (χ4n) is 2.85. The molecular formula is C21H16N4O2. The Bertz CT molecular complexity index is 1180. The molecule has 27 heavy (non-hydrogen) atoms. The molecule has 0 aliphatic carbocycles. The van der Waals surface area contributed by atoms with Gasteiger partial charge in [0.15, 0.2) is 0 Å². The first kappa shape index (κ1) is 16.5. The van der Waals surface area contributed by atoms with Crippen LogP contribution in [0.3, 0.4) is 0 Å². The molecule has 0 radical (unpaired) electrons. The molecule has 0 saturated carbocycles. The standard InChI is InChI=1S/C21H16N4O2/c26-17-10-6-7-15(13-17)14-22-24-21-23-20(27)18-11-4-5-12-19(18)25(21)16-8-2-1-3-9-16/h1-14,26H,(H,23,24,27)/b22-14-. The number of anilines is 1. The summed E-state index contributed by atoms with van der Waals surface area (Å²) in [6, 6.07) is 23.7. The lowest BCUT2D eigenvalue weighted by Crippen LogP contribution is -2.16. The van der Waals surface area contributed by atoms with Gasteiger partial charge in [0, 0.05) is 5.69 Å². The van der Waals surface area contributed by atoms with Gasteiger partial charge in [0.05, 0.1) is 17.1 Å². The molecule has 6 nitrogen and oxygen atoms in total. The zero-order valence-electron chi connectivity index (χ0n) is 14.3. The third-order valence-corrected chi connectivity index (χ3v) is 4.06. The molecule has 0 unspecified atom stereocenters. The first-order valence-corrected chi connectivity index (χ1v) is 8.38. The van der Waals surface area contributed by atoms with Gasteiger partial charge in [-0.3, -0.25) is 9.36 Å². The maximum Gasteiger partial charge on any atom is 0.282 e. The Kier molecular flexibility index (Phi) is 4.37. The van der Waals surface area contributed by atoms with Gasteiger partial charge in [0.1, 0.15) is 5.75 Å². The van der Waals surface area contributed by atoms with E-state index in [0.29, 0.717) is 11.3 Å². The Balaban J connectivity index is 1.81. The molecule has 0 atom stereocenters. The number of aromatic nitrogens is 2. The van der Waals surface area contributed by atoms with Crippen LogP contribution in [0.4, 0.5) is 5.95 Å². The Labute approximate surface area is 155 Å². The largest absolute Gasteiger partial charge is 0.508 e. The number of fused-ring (bicyclic) bond motifs is 1. The van der Waals surface area contributed by atoms with Crippen molar-refractivity contribution in [3.8, 4) is 11.4 Å². The van der Waals surface area contributed by atoms with Crippen molar-refractivity contribution in [1.29, 1.82) is 0 Å². The second kappa shape index (κ2) is 7.13. The van der Waals surface area contributed by atoms with E-state index in [1.165, 1.54) is 0 Å². The maximum atomic E-state index is 12.4. The van der Waals surface area contributed by atoms with E-state index in [1.807, 2.05) is 59.2 Å². The smallest absolute Gasteiger partial charge is 0.282 e. The van der Waals surface area contributed by atoms with E-state index in [4.69, 9.17) is 0 Å². The second-order valence-electron chi connectivity index (χ2n) is 5.89. The normalized spacial score (nSPS) is 11.1. The molecule has 0 saturated heterocycles. The van der Waals surface area contributed by atoms with Crippen molar-refractivity contribution in [2.75, 3.05) is 5.43 Å². The average Bonchev–Trinajstić information content (AvgIpc) is 2.69. The summed E-state index contributed by atoms with van der Waals surface area (Å²) < 4.78 is 1.84. The lowest BCUT2D eigenvalue weighted by atomic mass is 10.2. The highest BCUT2D eigenvalue weighted by Crippen LogP contribution is 2.20. The molecule has 0 aliphatic heterocycles. The van der Waals surface area contributed by atoms with Gasteiger partial charge in [-0.1, -0.05) is 42.5 Å². The number of hydrogen-bond donors (Lipinski definition) is 2. The fourth-order valence-corrected chi connectivity index (χ4v) is 2.85. The van der Waals surface area contributed by atoms with Gasteiger partial charge >= 0.3 is 0 Å². The van der Waals surface area contributed by atoms with Crippen molar-refractivity contribution in [3.05, 3.63) is 94.8 Å². The molecular weight excluding hydrogens is 340 g/mol. The third kappa shape index (κ3) is 3.41. The van der Waals surface area contributed by atoms with Crippen molar-refractivity contribution < 1.29 is 5.11 Å². The highest BCUT2D eigenvalue weighted by atomic mass is 16.3. The molecule has 1 heterocycles. The van der Waals surface area contributed by atoms with Crippen LogP contribution in [0.25, 0.3) is 16.6 Å². The fraction of sp³-hybridized carbons (Fsp3) is 0. The van der Waals surface area contributed by atoms with Crippen LogP contribution in [0, 0.1) is 0 Å². The molecule has 4 rings (SSSR count). The van der Waals surface area contributed by atoms with Crippen molar-refractivity contribution in [1.82, 2.24) is 9.55 Å². The van der Waals surface area contributed by atoms with Gasteiger partial charge in [0.2, 0.25) is 5.95 Å². The molecule has 1 aromatic heterocycles. The van der Waals surface area contributed by atoms with Crippen molar-refractivity contribution in [3.63, 3.8) is 0 Å². The number of aromatic hydroxyl groups is 1. The van der Waals surface area contributed by atoms with Crippen LogP contribution in [0.1, 0.15) is 5.56 Å². The first-order chi connectivity index (χ1) is 13.2. The number of para-hydroxylation sites is 2. The predicted octanol–water partition coefficient (Wildman–Crippen LogP) is 3.54. The SMILES string of the molecule is O=c1nc(N/N=C\c2cccc(O)c2)n(-c2ccccc2)c2ccccc12. The molecule has 6 heteroatoms. The summed E-state index contributed by atoms with van der Waals surface area (Å²) in [7, 11) is 0. The minimum atomic E-state index is -0.326. The molecule has 3 aromatic carbocycles. The number of phenols is 1. The van der Waals surface area contributed by atoms with Gasteiger partial charge in [-0.25, -0.2) is 5.43 Å². The molecule has 0 spiro atoms. The summed E-state index contributed by atoms with van der Waals surface area (Å²) >= 11 is 0. The number of hydrogen-bond acceptors (Lipinski definition) is 5. The van der Waals surface area contributed by atoms with E-state index in [9.17, 15) is 9.90 Å². The van der Waals surface area contributed by atoms with Gasteiger partial charge in [-0.15, -0.1) is 0 Å². The lowest BCUT2D eigenvalue weighted by Gasteiger charge is -2.15. The van der Waals surface area contributed by atoms with Gasteiger partial charge < -0.3 is 5.11 Å². The maximum absolute atomic E-state index is 12.4. The van der Waals surface area contributed by atoms with Gasteiger partial charge in [-0.05, 0) is 42.0 Å². The highest BCUT2D eigenvalue weighted by Gasteiger charge is 2.11. The summed E-state index contributed by atoms with van der Waals surface area (Å²) in [4.78, 5) is 16.6. The summed E-state index contributed by atoms with van der Waals surface area (Å²) in [5, 5.41) is 14.2. The minimum absolute atomic E-state index is 0.156. The monoisotopic (exact) mass is 356 g/mol. The molecule has 0 fully saturated rings. The molecule has 2 N–H and O–H groups in total. The number of nitrogens with one attached hydrogen (secondary N) is 1. The number of rotatable bonds is 4. The van der Waals surface area contributed by atoms with Crippen LogP contribution in [-0.4, -0.2) is 20.9 Å². The number of nitrogens with zero attached hydrogens (tertiary/aromatic N) is 3. The van der Waals surface area contributed by atoms with Crippen LogP contribution in [0.5, 0.6) is 5.75 Å². The zero-order valence-corrected chi connectivity index (χ0v) is 14.3. The number of hydrazone groups is 1. The number of phenolic OH excluding ortho intramolecular Hbond substituents is 1. The highest BCUT2D eigenvalue weighted by molar-refractivity contribution is 5.83. The lowest BCUT2D eigenvalue weighted by molar-refractivity contribution is 0.475. The van der Waals surface area contributed by atoms with E-state index in [0.717, 1.165) is 16.8 Å². The van der Waals surface area contributed by atoms with Gasteiger partial charge in [-0.2, -0.15) is 10.1 Å². The molecule has 132 valence electrons. The Hall–Kier alpha value is -3.93. The predicted molar refractivity (Wildman–Crippen MR) is 107 cm³/mol. The summed E-state index contributed by atoms with van der Waals surface area (Å²) in [6.45, 7) is 0. The minimum Gasteiger partial charge on any atom is -0.508 e.